The third kappa shape index (κ3) is 2.47. The Morgan fingerprint density at radius 2 is 1.73 bits per heavy atom. The SMILES string of the molecule is CNC(=O)c1ccc(C(=O)NC)c(Cl)c1. The molecule has 0 aliphatic rings. The molecule has 0 spiro atoms. The highest BCUT2D eigenvalue weighted by atomic mass is 35.5. The van der Waals surface area contributed by atoms with E-state index in [0.717, 1.165) is 0 Å². The van der Waals surface area contributed by atoms with Crippen LogP contribution in [0.4, 0.5) is 0 Å². The van der Waals surface area contributed by atoms with E-state index in [9.17, 15) is 9.59 Å². The number of carbonyl (C=O) groups is 2. The van der Waals surface area contributed by atoms with Crippen molar-refractivity contribution in [3.63, 3.8) is 0 Å². The summed E-state index contributed by atoms with van der Waals surface area (Å²) in [5, 5.41) is 5.19. The smallest absolute Gasteiger partial charge is 0.252 e. The zero-order valence-corrected chi connectivity index (χ0v) is 9.18. The van der Waals surface area contributed by atoms with Crippen LogP contribution in [0.1, 0.15) is 20.7 Å². The van der Waals surface area contributed by atoms with Crippen molar-refractivity contribution in [2.75, 3.05) is 14.1 Å². The van der Waals surface area contributed by atoms with E-state index < -0.39 is 0 Å². The van der Waals surface area contributed by atoms with Gasteiger partial charge in [0.1, 0.15) is 0 Å². The van der Waals surface area contributed by atoms with Crippen LogP contribution in [0.5, 0.6) is 0 Å². The summed E-state index contributed by atoms with van der Waals surface area (Å²) in [6.07, 6.45) is 0. The molecule has 1 aromatic rings. The maximum absolute atomic E-state index is 11.3. The van der Waals surface area contributed by atoms with Gasteiger partial charge in [0, 0.05) is 19.7 Å². The molecule has 0 radical (unpaired) electrons. The summed E-state index contributed by atoms with van der Waals surface area (Å²) in [7, 11) is 3.05. The molecule has 0 atom stereocenters. The number of carbonyl (C=O) groups excluding carboxylic acids is 2. The largest absolute Gasteiger partial charge is 0.355 e. The molecule has 0 aliphatic heterocycles. The summed E-state index contributed by atoms with van der Waals surface area (Å²) >= 11 is 5.86. The van der Waals surface area contributed by atoms with Gasteiger partial charge in [-0.15, -0.1) is 0 Å². The van der Waals surface area contributed by atoms with Crippen molar-refractivity contribution >= 4 is 23.4 Å². The Balaban J connectivity index is 3.08. The maximum atomic E-state index is 11.3. The van der Waals surface area contributed by atoms with E-state index in [-0.39, 0.29) is 16.8 Å². The molecule has 4 nitrogen and oxygen atoms in total. The zero-order chi connectivity index (χ0) is 11.4. The minimum atomic E-state index is -0.275. The van der Waals surface area contributed by atoms with Crippen molar-refractivity contribution in [3.05, 3.63) is 34.3 Å². The Hall–Kier alpha value is -1.55. The van der Waals surface area contributed by atoms with Crippen LogP contribution in [0.25, 0.3) is 0 Å². The highest BCUT2D eigenvalue weighted by Gasteiger charge is 2.11. The fourth-order valence-corrected chi connectivity index (χ4v) is 1.39. The van der Waals surface area contributed by atoms with Gasteiger partial charge in [-0.25, -0.2) is 0 Å². The van der Waals surface area contributed by atoms with E-state index >= 15 is 0 Å². The molecule has 0 aromatic heterocycles. The average molecular weight is 227 g/mol. The second kappa shape index (κ2) is 4.79. The molecule has 15 heavy (non-hydrogen) atoms. The summed E-state index contributed by atoms with van der Waals surface area (Å²) in [5.74, 6) is -0.510. The number of nitrogens with one attached hydrogen (secondary N) is 2. The Bertz CT molecular complexity index is 404. The summed E-state index contributed by atoms with van der Waals surface area (Å²) in [6, 6.07) is 4.53. The van der Waals surface area contributed by atoms with Crippen LogP contribution in [-0.4, -0.2) is 25.9 Å². The van der Waals surface area contributed by atoms with Crippen LogP contribution in [0.15, 0.2) is 18.2 Å². The molecule has 0 saturated heterocycles. The van der Waals surface area contributed by atoms with Crippen molar-refractivity contribution < 1.29 is 9.59 Å². The maximum Gasteiger partial charge on any atom is 0.252 e. The molecule has 0 aliphatic carbocycles. The van der Waals surface area contributed by atoms with Gasteiger partial charge in [0.15, 0.2) is 0 Å². The summed E-state index contributed by atoms with van der Waals surface area (Å²) < 4.78 is 0. The molecule has 0 unspecified atom stereocenters. The Morgan fingerprint density at radius 1 is 1.13 bits per heavy atom. The molecular weight excluding hydrogens is 216 g/mol. The highest BCUT2D eigenvalue weighted by Crippen LogP contribution is 2.17. The lowest BCUT2D eigenvalue weighted by molar-refractivity contribution is 0.0951. The van der Waals surface area contributed by atoms with Crippen LogP contribution in [-0.2, 0) is 0 Å². The number of hydrogen-bond donors (Lipinski definition) is 2. The molecule has 0 heterocycles. The van der Waals surface area contributed by atoms with Crippen LogP contribution in [0, 0.1) is 0 Å². The average Bonchev–Trinajstić information content (AvgIpc) is 2.26. The number of benzene rings is 1. The van der Waals surface area contributed by atoms with Crippen LogP contribution >= 0.6 is 11.6 Å². The standard InChI is InChI=1S/C10H11ClN2O2/c1-12-9(14)6-3-4-7(8(11)5-6)10(15)13-2/h3-5H,1-2H3,(H,12,14)(H,13,15). The van der Waals surface area contributed by atoms with Crippen molar-refractivity contribution in [2.45, 2.75) is 0 Å². The monoisotopic (exact) mass is 226 g/mol. The Kier molecular flexibility index (Phi) is 3.68. The van der Waals surface area contributed by atoms with Gasteiger partial charge in [0.25, 0.3) is 11.8 Å². The van der Waals surface area contributed by atoms with E-state index in [1.54, 1.807) is 6.07 Å². The Morgan fingerprint density at radius 3 is 2.20 bits per heavy atom. The van der Waals surface area contributed by atoms with E-state index in [2.05, 4.69) is 10.6 Å². The van der Waals surface area contributed by atoms with Crippen molar-refractivity contribution in [1.82, 2.24) is 10.6 Å². The molecule has 5 heteroatoms. The third-order valence-corrected chi connectivity index (χ3v) is 2.24. The molecule has 0 bridgehead atoms. The normalized spacial score (nSPS) is 9.53. The van der Waals surface area contributed by atoms with Crippen LogP contribution in [0.3, 0.4) is 0 Å². The number of rotatable bonds is 2. The first kappa shape index (κ1) is 11.5. The lowest BCUT2D eigenvalue weighted by Crippen LogP contribution is -2.20. The van der Waals surface area contributed by atoms with Gasteiger partial charge in [-0.1, -0.05) is 11.6 Å². The molecule has 1 aromatic carbocycles. The second-order valence-electron chi connectivity index (χ2n) is 2.85. The van der Waals surface area contributed by atoms with Gasteiger partial charge in [0.05, 0.1) is 10.6 Å². The van der Waals surface area contributed by atoms with E-state index in [1.807, 2.05) is 0 Å². The second-order valence-corrected chi connectivity index (χ2v) is 3.26. The molecule has 1 rings (SSSR count). The van der Waals surface area contributed by atoms with E-state index in [0.29, 0.717) is 11.1 Å². The van der Waals surface area contributed by atoms with Crippen molar-refractivity contribution in [3.8, 4) is 0 Å². The molecular formula is C10H11ClN2O2. The van der Waals surface area contributed by atoms with E-state index in [4.69, 9.17) is 11.6 Å². The first-order chi connectivity index (χ1) is 7.10. The van der Waals surface area contributed by atoms with Gasteiger partial charge < -0.3 is 10.6 Å². The zero-order valence-electron chi connectivity index (χ0n) is 8.43. The van der Waals surface area contributed by atoms with Crippen LogP contribution < -0.4 is 10.6 Å². The fourth-order valence-electron chi connectivity index (χ4n) is 1.12. The fraction of sp³-hybridized carbons (Fsp3) is 0.200. The van der Waals surface area contributed by atoms with Gasteiger partial charge in [-0.3, -0.25) is 9.59 Å². The molecule has 80 valence electrons. The first-order valence-electron chi connectivity index (χ1n) is 4.34. The highest BCUT2D eigenvalue weighted by molar-refractivity contribution is 6.34. The molecule has 2 amide bonds. The predicted octanol–water partition coefficient (Wildman–Crippen LogP) is 1.06. The first-order valence-corrected chi connectivity index (χ1v) is 4.71. The molecule has 0 saturated carbocycles. The van der Waals surface area contributed by atoms with Crippen LogP contribution in [0.2, 0.25) is 5.02 Å². The molecule has 0 fully saturated rings. The summed E-state index contributed by atoms with van der Waals surface area (Å²) in [4.78, 5) is 22.5. The lowest BCUT2D eigenvalue weighted by atomic mass is 10.1. The topological polar surface area (TPSA) is 58.2 Å². The number of hydrogen-bond acceptors (Lipinski definition) is 2. The predicted molar refractivity (Wildman–Crippen MR) is 58.2 cm³/mol. The number of halogens is 1. The van der Waals surface area contributed by atoms with Gasteiger partial charge in [0.2, 0.25) is 0 Å². The van der Waals surface area contributed by atoms with Crippen molar-refractivity contribution in [2.24, 2.45) is 0 Å². The third-order valence-electron chi connectivity index (χ3n) is 1.93. The van der Waals surface area contributed by atoms with Gasteiger partial charge in [-0.2, -0.15) is 0 Å². The minimum Gasteiger partial charge on any atom is -0.355 e. The van der Waals surface area contributed by atoms with Crippen molar-refractivity contribution in [1.29, 1.82) is 0 Å². The van der Waals surface area contributed by atoms with E-state index in [1.165, 1.54) is 26.2 Å². The minimum absolute atomic E-state index is 0.236. The van der Waals surface area contributed by atoms with Gasteiger partial charge in [-0.05, 0) is 18.2 Å². The lowest BCUT2D eigenvalue weighted by Gasteiger charge is -2.05. The summed E-state index contributed by atoms with van der Waals surface area (Å²) in [6.45, 7) is 0. The quantitative estimate of drug-likeness (QED) is 0.792. The number of amides is 2. The molecule has 2 N–H and O–H groups in total. The summed E-state index contributed by atoms with van der Waals surface area (Å²) in [5.41, 5.74) is 0.780. The Labute approximate surface area is 92.6 Å². The van der Waals surface area contributed by atoms with Gasteiger partial charge >= 0.3 is 0 Å².